The Morgan fingerprint density at radius 1 is 1.23 bits per heavy atom. The first kappa shape index (κ1) is 14.8. The Labute approximate surface area is 137 Å². The van der Waals surface area contributed by atoms with Crippen LogP contribution in [0.2, 0.25) is 10.0 Å². The van der Waals surface area contributed by atoms with Gasteiger partial charge in [-0.05, 0) is 31.2 Å². The molecule has 7 heteroatoms. The van der Waals surface area contributed by atoms with Gasteiger partial charge in [0.25, 0.3) is 0 Å². The van der Waals surface area contributed by atoms with Crippen LogP contribution in [0.25, 0.3) is 17.1 Å². The van der Waals surface area contributed by atoms with E-state index in [1.807, 2.05) is 17.6 Å². The number of imidazole rings is 1. The lowest BCUT2D eigenvalue weighted by atomic mass is 10.2. The summed E-state index contributed by atoms with van der Waals surface area (Å²) in [4.78, 5) is 12.6. The molecule has 0 aliphatic rings. The monoisotopic (exact) mass is 334 g/mol. The van der Waals surface area contributed by atoms with Crippen molar-refractivity contribution in [3.05, 3.63) is 53.0 Å². The van der Waals surface area contributed by atoms with Gasteiger partial charge in [-0.25, -0.2) is 9.97 Å². The van der Waals surface area contributed by atoms with Gasteiger partial charge in [0.15, 0.2) is 0 Å². The lowest BCUT2D eigenvalue weighted by molar-refractivity contribution is 0.313. The van der Waals surface area contributed by atoms with Crippen LogP contribution < -0.4 is 4.74 Å². The summed E-state index contributed by atoms with van der Waals surface area (Å²) in [5.41, 5.74) is 2.25. The molecule has 22 heavy (non-hydrogen) atoms. The van der Waals surface area contributed by atoms with Crippen molar-refractivity contribution in [1.29, 1.82) is 0 Å². The number of ether oxygens (including phenoxy) is 1. The minimum Gasteiger partial charge on any atom is -0.464 e. The zero-order valence-corrected chi connectivity index (χ0v) is 13.2. The van der Waals surface area contributed by atoms with Crippen molar-refractivity contribution in [3.63, 3.8) is 0 Å². The van der Waals surface area contributed by atoms with Gasteiger partial charge in [-0.1, -0.05) is 23.2 Å². The molecule has 3 aromatic rings. The van der Waals surface area contributed by atoms with Gasteiger partial charge in [-0.2, -0.15) is 4.98 Å². The summed E-state index contributed by atoms with van der Waals surface area (Å²) < 4.78 is 7.18. The highest BCUT2D eigenvalue weighted by Gasteiger charge is 2.12. The van der Waals surface area contributed by atoms with Crippen molar-refractivity contribution in [2.45, 2.75) is 6.92 Å². The average molecular weight is 335 g/mol. The summed E-state index contributed by atoms with van der Waals surface area (Å²) in [6.45, 7) is 2.39. The van der Waals surface area contributed by atoms with Crippen LogP contribution in [-0.2, 0) is 0 Å². The van der Waals surface area contributed by atoms with Gasteiger partial charge in [0.05, 0.1) is 41.2 Å². The van der Waals surface area contributed by atoms with Gasteiger partial charge in [0.1, 0.15) is 0 Å². The van der Waals surface area contributed by atoms with E-state index in [1.165, 1.54) is 0 Å². The predicted octanol–water partition coefficient (Wildman–Crippen LogP) is 4.03. The second kappa shape index (κ2) is 6.34. The molecule has 0 aliphatic carbocycles. The second-order valence-corrected chi connectivity index (χ2v) is 5.25. The van der Waals surface area contributed by atoms with Crippen LogP contribution in [0.3, 0.4) is 0 Å². The largest absolute Gasteiger partial charge is 0.464 e. The van der Waals surface area contributed by atoms with Crippen LogP contribution >= 0.6 is 23.2 Å². The zero-order valence-electron chi connectivity index (χ0n) is 11.7. The Kier molecular flexibility index (Phi) is 4.27. The average Bonchev–Trinajstić information content (AvgIpc) is 2.97. The van der Waals surface area contributed by atoms with E-state index in [0.29, 0.717) is 28.4 Å². The van der Waals surface area contributed by atoms with E-state index in [2.05, 4.69) is 15.0 Å². The Hall–Kier alpha value is -2.11. The highest BCUT2D eigenvalue weighted by Crippen LogP contribution is 2.28. The third kappa shape index (κ3) is 2.91. The van der Waals surface area contributed by atoms with Crippen molar-refractivity contribution >= 4 is 23.2 Å². The number of hydrogen-bond acceptors (Lipinski definition) is 4. The lowest BCUT2D eigenvalue weighted by Crippen LogP contribution is -2.01. The summed E-state index contributed by atoms with van der Waals surface area (Å²) in [6, 6.07) is 7.42. The van der Waals surface area contributed by atoms with E-state index in [9.17, 15) is 0 Å². The molecule has 0 unspecified atom stereocenters. The summed E-state index contributed by atoms with van der Waals surface area (Å²) in [7, 11) is 0. The van der Waals surface area contributed by atoms with Gasteiger partial charge < -0.3 is 4.74 Å². The number of rotatable bonds is 4. The summed E-state index contributed by atoms with van der Waals surface area (Å²) in [6.07, 6.45) is 5.03. The maximum absolute atomic E-state index is 6.27. The SMILES string of the molecule is CCOc1nccc(-c2cncn2-c2ccc(Cl)cc2Cl)n1. The first-order valence-corrected chi connectivity index (χ1v) is 7.38. The van der Waals surface area contributed by atoms with Gasteiger partial charge in [0, 0.05) is 11.2 Å². The van der Waals surface area contributed by atoms with Crippen molar-refractivity contribution in [2.24, 2.45) is 0 Å². The molecule has 0 aliphatic heterocycles. The molecule has 0 N–H and O–H groups in total. The summed E-state index contributed by atoms with van der Waals surface area (Å²) in [5.74, 6) is 0. The molecule has 1 aromatic carbocycles. The molecule has 0 radical (unpaired) electrons. The molecule has 0 saturated carbocycles. The Morgan fingerprint density at radius 2 is 2.09 bits per heavy atom. The summed E-state index contributed by atoms with van der Waals surface area (Å²) >= 11 is 12.2. The molecule has 2 heterocycles. The fourth-order valence-electron chi connectivity index (χ4n) is 2.04. The Morgan fingerprint density at radius 3 is 2.86 bits per heavy atom. The van der Waals surface area contributed by atoms with Crippen LogP contribution in [0.15, 0.2) is 43.0 Å². The lowest BCUT2D eigenvalue weighted by Gasteiger charge is -2.10. The number of aromatic nitrogens is 4. The van der Waals surface area contributed by atoms with Crippen LogP contribution in [0.4, 0.5) is 0 Å². The van der Waals surface area contributed by atoms with Crippen LogP contribution in [0.1, 0.15) is 6.92 Å². The molecule has 3 rings (SSSR count). The molecular formula is C15H12Cl2N4O. The topological polar surface area (TPSA) is 52.8 Å². The third-order valence-electron chi connectivity index (χ3n) is 2.98. The van der Waals surface area contributed by atoms with Gasteiger partial charge in [-0.15, -0.1) is 0 Å². The van der Waals surface area contributed by atoms with Crippen LogP contribution in [0.5, 0.6) is 6.01 Å². The zero-order chi connectivity index (χ0) is 15.5. The third-order valence-corrected chi connectivity index (χ3v) is 3.51. The maximum atomic E-state index is 6.27. The smallest absolute Gasteiger partial charge is 0.316 e. The van der Waals surface area contributed by atoms with E-state index < -0.39 is 0 Å². The standard InChI is InChI=1S/C15H12Cl2N4O/c1-2-22-15-19-6-5-12(20-15)14-8-18-9-21(14)13-4-3-10(16)7-11(13)17/h3-9H,2H2,1H3. The molecular weight excluding hydrogens is 323 g/mol. The second-order valence-electron chi connectivity index (χ2n) is 4.40. The molecule has 5 nitrogen and oxygen atoms in total. The van der Waals surface area contributed by atoms with Crippen molar-refractivity contribution in [2.75, 3.05) is 6.61 Å². The highest BCUT2D eigenvalue weighted by molar-refractivity contribution is 6.35. The molecule has 0 atom stereocenters. The van der Waals surface area contributed by atoms with Crippen molar-refractivity contribution in [3.8, 4) is 23.1 Å². The first-order valence-electron chi connectivity index (χ1n) is 6.63. The Balaban J connectivity index is 2.07. The molecule has 112 valence electrons. The van der Waals surface area contributed by atoms with E-state index in [4.69, 9.17) is 27.9 Å². The number of hydrogen-bond donors (Lipinski definition) is 0. The van der Waals surface area contributed by atoms with E-state index in [-0.39, 0.29) is 0 Å². The molecule has 0 amide bonds. The maximum Gasteiger partial charge on any atom is 0.316 e. The van der Waals surface area contributed by atoms with E-state index >= 15 is 0 Å². The molecule has 2 aromatic heterocycles. The van der Waals surface area contributed by atoms with Gasteiger partial charge in [-0.3, -0.25) is 4.57 Å². The fourth-order valence-corrected chi connectivity index (χ4v) is 2.53. The molecule has 0 saturated heterocycles. The molecule has 0 bridgehead atoms. The van der Waals surface area contributed by atoms with Gasteiger partial charge in [0.2, 0.25) is 0 Å². The number of halogens is 2. The highest BCUT2D eigenvalue weighted by atomic mass is 35.5. The first-order chi connectivity index (χ1) is 10.7. The Bertz CT molecular complexity index is 804. The molecule has 0 spiro atoms. The van der Waals surface area contributed by atoms with Crippen LogP contribution in [0, 0.1) is 0 Å². The minimum absolute atomic E-state index is 0.329. The quantitative estimate of drug-likeness (QED) is 0.722. The fraction of sp³-hybridized carbons (Fsp3) is 0.133. The summed E-state index contributed by atoms with van der Waals surface area (Å²) in [5, 5.41) is 1.11. The predicted molar refractivity (Wildman–Crippen MR) is 85.8 cm³/mol. The van der Waals surface area contributed by atoms with Crippen molar-refractivity contribution < 1.29 is 4.74 Å². The number of benzene rings is 1. The normalized spacial score (nSPS) is 10.7. The van der Waals surface area contributed by atoms with E-state index in [1.54, 1.807) is 36.9 Å². The molecule has 0 fully saturated rings. The van der Waals surface area contributed by atoms with Crippen LogP contribution in [-0.4, -0.2) is 26.1 Å². The number of nitrogens with zero attached hydrogens (tertiary/aromatic N) is 4. The van der Waals surface area contributed by atoms with Crippen molar-refractivity contribution in [1.82, 2.24) is 19.5 Å². The van der Waals surface area contributed by atoms with E-state index in [0.717, 1.165) is 11.4 Å². The van der Waals surface area contributed by atoms with Gasteiger partial charge >= 0.3 is 6.01 Å². The minimum atomic E-state index is 0.329.